The number of carbonyl (C=O) groups is 1. The summed E-state index contributed by atoms with van der Waals surface area (Å²) in [5, 5.41) is 6.58. The van der Waals surface area contributed by atoms with Crippen molar-refractivity contribution in [1.82, 2.24) is 10.5 Å². The monoisotopic (exact) mass is 334 g/mol. The summed E-state index contributed by atoms with van der Waals surface area (Å²) in [6, 6.07) is 19.0. The first-order valence-electron chi connectivity index (χ1n) is 7.82. The Labute approximate surface area is 145 Å². The van der Waals surface area contributed by atoms with Crippen LogP contribution in [0.3, 0.4) is 0 Å². The second kappa shape index (κ2) is 7.44. The van der Waals surface area contributed by atoms with Crippen LogP contribution < -0.4 is 11.1 Å². The lowest BCUT2D eigenvalue weighted by molar-refractivity contribution is 0.0975. The van der Waals surface area contributed by atoms with E-state index in [9.17, 15) is 4.79 Å². The molecule has 3 aromatic rings. The van der Waals surface area contributed by atoms with Gasteiger partial charge in [0.1, 0.15) is 17.0 Å². The summed E-state index contributed by atoms with van der Waals surface area (Å²) in [6.45, 7) is 2.08. The molecule has 0 saturated carbocycles. The number of aromatic nitrogens is 1. The van der Waals surface area contributed by atoms with Gasteiger partial charge in [-0.1, -0.05) is 65.8 Å². The van der Waals surface area contributed by atoms with Crippen molar-refractivity contribution in [1.29, 1.82) is 0 Å². The molecule has 0 aliphatic carbocycles. The number of aliphatic imine (C=N–C) groups is 1. The van der Waals surface area contributed by atoms with Crippen LogP contribution in [0.2, 0.25) is 0 Å². The fraction of sp³-hybridized carbons (Fsp3) is 0.105. The zero-order chi connectivity index (χ0) is 17.6. The van der Waals surface area contributed by atoms with Crippen LogP contribution in [0.15, 0.2) is 70.2 Å². The third-order valence-electron chi connectivity index (χ3n) is 3.65. The number of nitrogens with one attached hydrogen (secondary N) is 1. The summed E-state index contributed by atoms with van der Waals surface area (Å²) in [5.41, 5.74) is 8.46. The molecule has 0 spiro atoms. The molecule has 6 nitrogen and oxygen atoms in total. The van der Waals surface area contributed by atoms with Crippen LogP contribution in [0.1, 0.15) is 21.7 Å². The van der Waals surface area contributed by atoms with Gasteiger partial charge in [0.2, 0.25) is 0 Å². The molecule has 1 aromatic heterocycles. The summed E-state index contributed by atoms with van der Waals surface area (Å²) in [7, 11) is 0. The van der Waals surface area contributed by atoms with Crippen LogP contribution in [0, 0.1) is 6.92 Å². The molecule has 3 N–H and O–H groups in total. The summed E-state index contributed by atoms with van der Waals surface area (Å²) in [6.07, 6.45) is 0. The number of carbonyl (C=O) groups excluding carboxylic acids is 1. The maximum atomic E-state index is 12.6. The van der Waals surface area contributed by atoms with Crippen molar-refractivity contribution in [3.63, 3.8) is 0 Å². The molecule has 2 aromatic carbocycles. The van der Waals surface area contributed by atoms with Crippen molar-refractivity contribution in [2.24, 2.45) is 10.7 Å². The number of benzene rings is 2. The first-order valence-corrected chi connectivity index (χ1v) is 7.82. The molecule has 3 rings (SSSR count). The number of hydrogen-bond donors (Lipinski definition) is 2. The maximum Gasteiger partial charge on any atom is 0.263 e. The topological polar surface area (TPSA) is 93.5 Å². The minimum absolute atomic E-state index is 0.0495. The Morgan fingerprint density at radius 1 is 1.12 bits per heavy atom. The number of guanidine groups is 1. The van der Waals surface area contributed by atoms with Crippen LogP contribution in [0.5, 0.6) is 0 Å². The van der Waals surface area contributed by atoms with Gasteiger partial charge in [-0.3, -0.25) is 10.1 Å². The molecule has 0 fully saturated rings. The highest BCUT2D eigenvalue weighted by Crippen LogP contribution is 2.24. The van der Waals surface area contributed by atoms with E-state index in [4.69, 9.17) is 10.3 Å². The van der Waals surface area contributed by atoms with Crippen molar-refractivity contribution in [2.75, 3.05) is 0 Å². The number of nitrogens with zero attached hydrogens (tertiary/aromatic N) is 2. The van der Waals surface area contributed by atoms with Gasteiger partial charge in [-0.25, -0.2) is 4.99 Å². The minimum Gasteiger partial charge on any atom is -0.370 e. The average molecular weight is 334 g/mol. The molecule has 6 heteroatoms. The van der Waals surface area contributed by atoms with E-state index in [1.54, 1.807) is 6.92 Å². The van der Waals surface area contributed by atoms with E-state index >= 15 is 0 Å². The molecule has 0 aliphatic rings. The van der Waals surface area contributed by atoms with Gasteiger partial charge in [-0.05, 0) is 12.5 Å². The third-order valence-corrected chi connectivity index (χ3v) is 3.65. The molecular formula is C19H18N4O2. The van der Waals surface area contributed by atoms with Gasteiger partial charge in [-0.2, -0.15) is 0 Å². The zero-order valence-electron chi connectivity index (χ0n) is 13.8. The summed E-state index contributed by atoms with van der Waals surface area (Å²) >= 11 is 0. The van der Waals surface area contributed by atoms with E-state index in [1.807, 2.05) is 60.7 Å². The van der Waals surface area contributed by atoms with Crippen molar-refractivity contribution in [3.05, 3.63) is 77.6 Å². The Morgan fingerprint density at radius 2 is 1.76 bits per heavy atom. The van der Waals surface area contributed by atoms with E-state index in [1.165, 1.54) is 0 Å². The van der Waals surface area contributed by atoms with Gasteiger partial charge in [0.25, 0.3) is 5.91 Å². The van der Waals surface area contributed by atoms with E-state index in [0.29, 0.717) is 23.6 Å². The van der Waals surface area contributed by atoms with Crippen LogP contribution in [-0.2, 0) is 6.54 Å². The highest BCUT2D eigenvalue weighted by molar-refractivity contribution is 6.08. The largest absolute Gasteiger partial charge is 0.370 e. The van der Waals surface area contributed by atoms with Crippen LogP contribution >= 0.6 is 0 Å². The van der Waals surface area contributed by atoms with Crippen LogP contribution in [0.25, 0.3) is 11.3 Å². The Bertz CT molecular complexity index is 886. The van der Waals surface area contributed by atoms with Crippen LogP contribution in [-0.4, -0.2) is 17.0 Å². The fourth-order valence-corrected chi connectivity index (χ4v) is 2.41. The van der Waals surface area contributed by atoms with Crippen molar-refractivity contribution >= 4 is 11.9 Å². The maximum absolute atomic E-state index is 12.6. The lowest BCUT2D eigenvalue weighted by atomic mass is 10.1. The third kappa shape index (κ3) is 3.92. The second-order valence-electron chi connectivity index (χ2n) is 5.47. The molecule has 0 bridgehead atoms. The molecule has 0 radical (unpaired) electrons. The second-order valence-corrected chi connectivity index (χ2v) is 5.47. The molecule has 0 saturated heterocycles. The SMILES string of the molecule is Cc1onc(-c2ccccc2)c1C(=O)NC(N)=NCc1ccccc1. The average Bonchev–Trinajstić information content (AvgIpc) is 3.03. The normalized spacial score (nSPS) is 11.3. The lowest BCUT2D eigenvalue weighted by Crippen LogP contribution is -2.37. The Balaban J connectivity index is 1.76. The fourth-order valence-electron chi connectivity index (χ4n) is 2.41. The van der Waals surface area contributed by atoms with Gasteiger partial charge >= 0.3 is 0 Å². The summed E-state index contributed by atoms with van der Waals surface area (Å²) in [5.74, 6) is 0.0765. The Hall–Kier alpha value is -3.41. The molecule has 0 unspecified atom stereocenters. The van der Waals surface area contributed by atoms with Gasteiger partial charge < -0.3 is 10.3 Å². The predicted octanol–water partition coefficient (Wildman–Crippen LogP) is 2.89. The van der Waals surface area contributed by atoms with E-state index in [0.717, 1.165) is 11.1 Å². The highest BCUT2D eigenvalue weighted by atomic mass is 16.5. The molecular weight excluding hydrogens is 316 g/mol. The van der Waals surface area contributed by atoms with Crippen LogP contribution in [0.4, 0.5) is 0 Å². The molecule has 1 heterocycles. The van der Waals surface area contributed by atoms with Crippen molar-refractivity contribution in [3.8, 4) is 11.3 Å². The van der Waals surface area contributed by atoms with Crippen molar-refractivity contribution < 1.29 is 9.32 Å². The van der Waals surface area contributed by atoms with Gasteiger partial charge in [0, 0.05) is 5.56 Å². The van der Waals surface area contributed by atoms with E-state index < -0.39 is 5.91 Å². The van der Waals surface area contributed by atoms with Gasteiger partial charge in [-0.15, -0.1) is 0 Å². The van der Waals surface area contributed by atoms with E-state index in [2.05, 4.69) is 15.5 Å². The quantitative estimate of drug-likeness (QED) is 0.567. The van der Waals surface area contributed by atoms with Gasteiger partial charge in [0.15, 0.2) is 5.96 Å². The Morgan fingerprint density at radius 3 is 2.44 bits per heavy atom. The number of aryl methyl sites for hydroxylation is 1. The van der Waals surface area contributed by atoms with Crippen molar-refractivity contribution in [2.45, 2.75) is 13.5 Å². The number of amides is 1. The first kappa shape index (κ1) is 16.4. The Kier molecular flexibility index (Phi) is 4.89. The molecule has 0 atom stereocenters. The smallest absolute Gasteiger partial charge is 0.263 e. The molecule has 126 valence electrons. The number of nitrogens with two attached hydrogens (primary N) is 1. The predicted molar refractivity (Wildman–Crippen MR) is 95.9 cm³/mol. The van der Waals surface area contributed by atoms with E-state index in [-0.39, 0.29) is 5.96 Å². The summed E-state index contributed by atoms with van der Waals surface area (Å²) < 4.78 is 5.19. The number of rotatable bonds is 4. The molecule has 0 aliphatic heterocycles. The summed E-state index contributed by atoms with van der Waals surface area (Å²) in [4.78, 5) is 16.8. The lowest BCUT2D eigenvalue weighted by Gasteiger charge is -2.05. The first-order chi connectivity index (χ1) is 12.1. The highest BCUT2D eigenvalue weighted by Gasteiger charge is 2.21. The zero-order valence-corrected chi connectivity index (χ0v) is 13.8. The number of hydrogen-bond acceptors (Lipinski definition) is 4. The standard InChI is InChI=1S/C19H18N4O2/c1-13-16(17(23-25-13)15-10-6-3-7-11-15)18(24)22-19(20)21-12-14-8-4-2-5-9-14/h2-11H,12H2,1H3,(H3,20,21,22,24). The molecule has 1 amide bonds. The minimum atomic E-state index is -0.396. The van der Waals surface area contributed by atoms with Gasteiger partial charge in [0.05, 0.1) is 6.54 Å². The molecule has 25 heavy (non-hydrogen) atoms.